The zero-order chi connectivity index (χ0) is 36.6. The van der Waals surface area contributed by atoms with Gasteiger partial charge in [0.2, 0.25) is 0 Å². The Morgan fingerprint density at radius 3 is 1.25 bits per heavy atom. The summed E-state index contributed by atoms with van der Waals surface area (Å²) in [6.07, 6.45) is 9.00. The van der Waals surface area contributed by atoms with Crippen molar-refractivity contribution in [1.82, 2.24) is 0 Å². The van der Waals surface area contributed by atoms with Gasteiger partial charge in [-0.15, -0.1) is 0 Å². The molecule has 0 amide bonds. The van der Waals surface area contributed by atoms with Gasteiger partial charge in [-0.3, -0.25) is 0 Å². The first kappa shape index (κ1) is 41.0. The van der Waals surface area contributed by atoms with Crippen LogP contribution in [0.5, 0.6) is 0 Å². The van der Waals surface area contributed by atoms with Crippen LogP contribution in [0.2, 0.25) is 0 Å². The van der Waals surface area contributed by atoms with Gasteiger partial charge in [0.1, 0.15) is 0 Å². The van der Waals surface area contributed by atoms with E-state index in [9.17, 15) is 0 Å². The van der Waals surface area contributed by atoms with Crippen LogP contribution in [0.15, 0.2) is 118 Å². The van der Waals surface area contributed by atoms with Crippen molar-refractivity contribution in [2.75, 3.05) is 0 Å². The molecular weight excluding hydrogens is 795 g/mol. The predicted octanol–water partition coefficient (Wildman–Crippen LogP) is 8.34. The van der Waals surface area contributed by atoms with E-state index in [-0.39, 0.29) is 24.8 Å². The Morgan fingerprint density at radius 2 is 0.909 bits per heavy atom. The summed E-state index contributed by atoms with van der Waals surface area (Å²) < 4.78 is 13.8. The summed E-state index contributed by atoms with van der Waals surface area (Å²) in [6, 6.07) is 41.3. The summed E-state index contributed by atoms with van der Waals surface area (Å²) in [5.41, 5.74) is 16.3. The van der Waals surface area contributed by atoms with Crippen molar-refractivity contribution in [1.29, 1.82) is 0 Å². The van der Waals surface area contributed by atoms with E-state index < -0.39 is 23.2 Å². The van der Waals surface area contributed by atoms with Crippen LogP contribution >= 0.6 is 0 Å². The van der Waals surface area contributed by atoms with Crippen molar-refractivity contribution >= 4 is 23.3 Å². The first-order valence-electron chi connectivity index (χ1n) is 19.7. The van der Waals surface area contributed by atoms with Gasteiger partial charge < -0.3 is 24.8 Å². The van der Waals surface area contributed by atoms with Crippen molar-refractivity contribution in [2.45, 2.75) is 86.3 Å². The van der Waals surface area contributed by atoms with Gasteiger partial charge in [0.15, 0.2) is 0 Å². The summed E-state index contributed by atoms with van der Waals surface area (Å²) >= 11 is -1.33. The third-order valence-corrected chi connectivity index (χ3v) is 16.5. The molecule has 280 valence electrons. The minimum Gasteiger partial charge on any atom is -1.00 e. The van der Waals surface area contributed by atoms with Crippen molar-refractivity contribution in [2.24, 2.45) is 0 Å². The zero-order valence-corrected chi connectivity index (χ0v) is 36.7. The second kappa shape index (κ2) is 17.7. The Labute approximate surface area is 351 Å². The number of aryl methyl sites for hydroxylation is 2. The molecule has 8 rings (SSSR count). The van der Waals surface area contributed by atoms with Gasteiger partial charge in [-0.25, -0.2) is 0 Å². The molecule has 2 nitrogen and oxygen atoms in total. The molecule has 4 unspecified atom stereocenters. The molecule has 0 bridgehead atoms. The summed E-state index contributed by atoms with van der Waals surface area (Å²) in [6.45, 7) is 13.5. The van der Waals surface area contributed by atoms with Crippen LogP contribution < -0.4 is 24.8 Å². The van der Waals surface area contributed by atoms with E-state index in [4.69, 9.17) is 8.83 Å². The first-order valence-corrected chi connectivity index (χ1v) is 22.6. The van der Waals surface area contributed by atoms with Gasteiger partial charge in [-0.05, 0) is 0 Å². The Hall–Kier alpha value is -3.62. The maximum Gasteiger partial charge on any atom is -1.00 e. The number of furan rings is 2. The van der Waals surface area contributed by atoms with E-state index >= 15 is 0 Å². The van der Waals surface area contributed by atoms with Crippen molar-refractivity contribution in [3.63, 3.8) is 0 Å². The fourth-order valence-electron chi connectivity index (χ4n) is 8.16. The fraction of sp³-hybridized carbons (Fsp3) is 0.280. The maximum atomic E-state index is 6.58. The van der Waals surface area contributed by atoms with Crippen LogP contribution in [0.3, 0.4) is 0 Å². The first-order chi connectivity index (χ1) is 25.9. The van der Waals surface area contributed by atoms with Crippen LogP contribution in [0.1, 0.15) is 130 Å². The van der Waals surface area contributed by atoms with E-state index in [2.05, 4.69) is 163 Å². The Morgan fingerprint density at radius 1 is 0.509 bits per heavy atom. The molecule has 0 N–H and O–H groups in total. The average molecular weight is 845 g/mol. The monoisotopic (exact) mass is 842 g/mol. The molecule has 4 atom stereocenters. The summed E-state index contributed by atoms with van der Waals surface area (Å²) in [7, 11) is 0. The second-order valence-electron chi connectivity index (χ2n) is 15.0. The standard InChI is InChI=1S/2C25H25O.2ClH.Zr/c2*1-4-17(3)18-9-11-19(12-10-18)23-8-6-7-20-15-21(16-24(20)23)25-14-13-22(5-2)26-25;;;/h2*6-17H,4-5H2,1-3H3;2*1H;/q;;;;+2/p-2. The summed E-state index contributed by atoms with van der Waals surface area (Å²) in [5, 5.41) is 0. The smallest absolute Gasteiger partial charge is 1.00 e. The molecular formula is C50H50Cl2O2Zr. The number of rotatable bonds is 12. The van der Waals surface area contributed by atoms with Crippen LogP contribution in [-0.4, -0.2) is 0 Å². The van der Waals surface area contributed by atoms with E-state index in [1.54, 1.807) is 0 Å². The number of allylic oxidation sites excluding steroid dienone is 2. The third-order valence-electron chi connectivity index (χ3n) is 11.9. The number of halogens is 2. The molecule has 4 aromatic carbocycles. The molecule has 2 heterocycles. The third kappa shape index (κ3) is 7.87. The van der Waals surface area contributed by atoms with Gasteiger partial charge >= 0.3 is 330 Å². The molecule has 0 radical (unpaired) electrons. The SMILES string of the molecule is CCc1ccc(C2=Cc3c(-c4ccc(C(C)CC)cc4)cccc3[CH]2[Zr+2][CH]2C(c3ccc(CC)o3)=Cc3c(-c4ccc(C(C)CC)cc4)cccc32)o1.[Cl-].[Cl-]. The molecule has 0 spiro atoms. The van der Waals surface area contributed by atoms with Crippen molar-refractivity contribution < 1.29 is 56.9 Å². The molecule has 0 saturated carbocycles. The largest absolute Gasteiger partial charge is 1.00 e. The number of benzene rings is 4. The topological polar surface area (TPSA) is 26.3 Å². The Kier molecular flexibility index (Phi) is 13.2. The normalized spacial score (nSPS) is 16.5. The van der Waals surface area contributed by atoms with Crippen LogP contribution in [0.4, 0.5) is 0 Å². The molecule has 2 aliphatic carbocycles. The van der Waals surface area contributed by atoms with Crippen LogP contribution in [0, 0.1) is 0 Å². The van der Waals surface area contributed by atoms with Gasteiger partial charge in [0.25, 0.3) is 0 Å². The Balaban J connectivity index is 0.00000257. The van der Waals surface area contributed by atoms with E-state index in [0.717, 1.165) is 48.7 Å². The van der Waals surface area contributed by atoms with Crippen molar-refractivity contribution in [3.05, 3.63) is 166 Å². The molecule has 5 heteroatoms. The summed E-state index contributed by atoms with van der Waals surface area (Å²) in [4.78, 5) is 0. The van der Waals surface area contributed by atoms with E-state index in [0.29, 0.717) is 19.1 Å². The minimum absolute atomic E-state index is 0. The van der Waals surface area contributed by atoms with Gasteiger partial charge in [-0.2, -0.15) is 0 Å². The van der Waals surface area contributed by atoms with E-state index in [1.807, 2.05) is 0 Å². The number of hydrogen-bond acceptors (Lipinski definition) is 2. The fourth-order valence-corrected chi connectivity index (χ4v) is 13.1. The minimum atomic E-state index is -1.33. The zero-order valence-electron chi connectivity index (χ0n) is 32.8. The second-order valence-corrected chi connectivity index (χ2v) is 18.6. The van der Waals surface area contributed by atoms with E-state index in [1.165, 1.54) is 66.8 Å². The van der Waals surface area contributed by atoms with Crippen LogP contribution in [-0.2, 0) is 36.1 Å². The molecule has 2 aliphatic rings. The van der Waals surface area contributed by atoms with Gasteiger partial charge in [0.05, 0.1) is 0 Å². The molecule has 0 saturated heterocycles. The molecule has 0 fully saturated rings. The quantitative estimate of drug-likeness (QED) is 0.124. The number of hydrogen-bond donors (Lipinski definition) is 0. The Bertz CT molecular complexity index is 2140. The summed E-state index contributed by atoms with van der Waals surface area (Å²) in [5.74, 6) is 5.24. The van der Waals surface area contributed by atoms with Crippen molar-refractivity contribution in [3.8, 4) is 22.3 Å². The molecule has 0 aliphatic heterocycles. The predicted molar refractivity (Wildman–Crippen MR) is 219 cm³/mol. The van der Waals surface area contributed by atoms with Gasteiger partial charge in [-0.1, -0.05) is 0 Å². The van der Waals surface area contributed by atoms with Gasteiger partial charge in [0, 0.05) is 0 Å². The average Bonchev–Trinajstić information content (AvgIpc) is 4.03. The molecule has 55 heavy (non-hydrogen) atoms. The number of fused-ring (bicyclic) bond motifs is 2. The van der Waals surface area contributed by atoms with Crippen LogP contribution in [0.25, 0.3) is 45.6 Å². The molecule has 6 aromatic rings. The maximum absolute atomic E-state index is 6.58. The molecule has 2 aromatic heterocycles.